The molecule has 1 aromatic heterocycles. The lowest BCUT2D eigenvalue weighted by atomic mass is 10.2. The van der Waals surface area contributed by atoms with Gasteiger partial charge in [0.1, 0.15) is 16.9 Å². The number of alkyl carbamates (subject to hydrolysis) is 1. The van der Waals surface area contributed by atoms with E-state index in [1.54, 1.807) is 26.8 Å². The minimum Gasteiger partial charge on any atom is -0.444 e. The number of nitrogens with one attached hydrogen (secondary N) is 1. The topological polar surface area (TPSA) is 80.8 Å². The van der Waals surface area contributed by atoms with Crippen molar-refractivity contribution in [1.29, 1.82) is 0 Å². The van der Waals surface area contributed by atoms with Crippen LogP contribution in [0.3, 0.4) is 0 Å². The van der Waals surface area contributed by atoms with Crippen molar-refractivity contribution in [2.45, 2.75) is 45.0 Å². The third kappa shape index (κ3) is 6.12. The van der Waals surface area contributed by atoms with E-state index in [2.05, 4.69) is 10.3 Å². The number of hydrogen-bond acceptors (Lipinski definition) is 5. The van der Waals surface area contributed by atoms with Gasteiger partial charge in [-0.2, -0.15) is 13.2 Å². The molecular weight excluding hydrogens is 427 g/mol. The zero-order valence-corrected chi connectivity index (χ0v) is 17.9. The molecule has 2 aromatic rings. The van der Waals surface area contributed by atoms with Crippen LogP contribution in [0.15, 0.2) is 42.6 Å². The Balaban J connectivity index is 1.70. The third-order valence-electron chi connectivity index (χ3n) is 4.57. The number of rotatable bonds is 4. The van der Waals surface area contributed by atoms with Crippen LogP contribution in [0.25, 0.3) is 0 Å². The van der Waals surface area contributed by atoms with Crippen LogP contribution in [0.5, 0.6) is 11.6 Å². The lowest BCUT2D eigenvalue weighted by molar-refractivity contribution is -0.137. The number of pyridine rings is 1. The molecule has 0 saturated carbocycles. The maximum Gasteiger partial charge on any atom is 0.416 e. The Bertz CT molecular complexity index is 989. The van der Waals surface area contributed by atoms with E-state index in [0.717, 1.165) is 12.1 Å². The molecule has 1 unspecified atom stereocenters. The highest BCUT2D eigenvalue weighted by Gasteiger charge is 2.32. The fourth-order valence-corrected chi connectivity index (χ4v) is 3.19. The maximum atomic E-state index is 13.0. The van der Waals surface area contributed by atoms with E-state index in [1.807, 2.05) is 0 Å². The number of benzene rings is 1. The molecule has 1 aromatic carbocycles. The van der Waals surface area contributed by atoms with Gasteiger partial charge in [-0.05, 0) is 57.5 Å². The summed E-state index contributed by atoms with van der Waals surface area (Å²) in [5.41, 5.74) is -1.39. The largest absolute Gasteiger partial charge is 0.444 e. The molecule has 0 bridgehead atoms. The molecule has 7 nitrogen and oxygen atoms in total. The van der Waals surface area contributed by atoms with Gasteiger partial charge < -0.3 is 19.7 Å². The zero-order chi connectivity index (χ0) is 23.5. The molecule has 1 saturated heterocycles. The first-order chi connectivity index (χ1) is 14.9. The smallest absolute Gasteiger partial charge is 0.416 e. The number of halogens is 3. The number of hydrogen-bond donors (Lipinski definition) is 1. The molecule has 2 amide bonds. The summed E-state index contributed by atoms with van der Waals surface area (Å²) < 4.78 is 49.7. The zero-order valence-electron chi connectivity index (χ0n) is 17.9. The molecule has 0 spiro atoms. The molecule has 1 aliphatic heterocycles. The monoisotopic (exact) mass is 451 g/mol. The van der Waals surface area contributed by atoms with Crippen LogP contribution in [0.1, 0.15) is 43.1 Å². The molecule has 10 heteroatoms. The summed E-state index contributed by atoms with van der Waals surface area (Å²) in [6.07, 6.45) is -3.16. The number of ether oxygens (including phenoxy) is 2. The normalized spacial score (nSPS) is 16.6. The summed E-state index contributed by atoms with van der Waals surface area (Å²) >= 11 is 0. The second kappa shape index (κ2) is 9.05. The SMILES string of the molecule is CC(C)(C)OC(=O)NC1CCN(C(=O)c2cccnc2Oc2cccc(C(F)(F)F)c2)C1. The maximum absolute atomic E-state index is 13.0. The first-order valence-electron chi connectivity index (χ1n) is 10.0. The predicted octanol–water partition coefficient (Wildman–Crippen LogP) is 4.63. The molecule has 0 aliphatic carbocycles. The number of alkyl halides is 3. The summed E-state index contributed by atoms with van der Waals surface area (Å²) in [6, 6.07) is 7.10. The fourth-order valence-electron chi connectivity index (χ4n) is 3.19. The van der Waals surface area contributed by atoms with E-state index in [1.165, 1.54) is 29.3 Å². The van der Waals surface area contributed by atoms with Gasteiger partial charge in [-0.1, -0.05) is 6.07 Å². The number of likely N-dealkylation sites (tertiary alicyclic amines) is 1. The van der Waals surface area contributed by atoms with Gasteiger partial charge in [0.2, 0.25) is 5.88 Å². The van der Waals surface area contributed by atoms with Gasteiger partial charge in [0.25, 0.3) is 5.91 Å². The molecule has 1 N–H and O–H groups in total. The van der Waals surface area contributed by atoms with Crippen LogP contribution >= 0.6 is 0 Å². The van der Waals surface area contributed by atoms with E-state index in [-0.39, 0.29) is 29.8 Å². The minimum atomic E-state index is -4.52. The van der Waals surface area contributed by atoms with Gasteiger partial charge in [0, 0.05) is 19.3 Å². The highest BCUT2D eigenvalue weighted by Crippen LogP contribution is 2.33. The number of aromatic nitrogens is 1. The van der Waals surface area contributed by atoms with Crippen molar-refractivity contribution in [3.63, 3.8) is 0 Å². The minimum absolute atomic E-state index is 0.0848. The van der Waals surface area contributed by atoms with Crippen LogP contribution in [0.2, 0.25) is 0 Å². The first-order valence-corrected chi connectivity index (χ1v) is 10.0. The summed E-state index contributed by atoms with van der Waals surface area (Å²) in [6.45, 7) is 5.91. The Morgan fingerprint density at radius 2 is 1.91 bits per heavy atom. The van der Waals surface area contributed by atoms with Crippen LogP contribution in [-0.2, 0) is 10.9 Å². The summed E-state index contributed by atoms with van der Waals surface area (Å²) in [5, 5.41) is 2.74. The van der Waals surface area contributed by atoms with Gasteiger partial charge >= 0.3 is 12.3 Å². The van der Waals surface area contributed by atoms with E-state index in [0.29, 0.717) is 13.0 Å². The molecule has 1 aliphatic rings. The van der Waals surface area contributed by atoms with Crippen molar-refractivity contribution in [3.05, 3.63) is 53.7 Å². The van der Waals surface area contributed by atoms with E-state index in [9.17, 15) is 22.8 Å². The Labute approximate surface area is 183 Å². The average molecular weight is 451 g/mol. The average Bonchev–Trinajstić information content (AvgIpc) is 3.14. The van der Waals surface area contributed by atoms with Crippen LogP contribution in [0.4, 0.5) is 18.0 Å². The highest BCUT2D eigenvalue weighted by atomic mass is 19.4. The summed E-state index contributed by atoms with van der Waals surface area (Å²) in [4.78, 5) is 30.5. The first kappa shape index (κ1) is 23.4. The van der Waals surface area contributed by atoms with E-state index < -0.39 is 29.3 Å². The van der Waals surface area contributed by atoms with Crippen LogP contribution < -0.4 is 10.1 Å². The highest BCUT2D eigenvalue weighted by molar-refractivity contribution is 5.96. The van der Waals surface area contributed by atoms with Crippen molar-refractivity contribution in [2.24, 2.45) is 0 Å². The third-order valence-corrected chi connectivity index (χ3v) is 4.57. The molecule has 3 rings (SSSR count). The standard InChI is InChI=1S/C22H24F3N3O4/c1-21(2,3)32-20(30)27-15-9-11-28(13-15)19(29)17-8-5-10-26-18(17)31-16-7-4-6-14(12-16)22(23,24)25/h4-8,10,12,15H,9,11,13H2,1-3H3,(H,27,30). The number of nitrogens with zero attached hydrogens (tertiary/aromatic N) is 2. The van der Waals surface area contributed by atoms with Crippen molar-refractivity contribution in [3.8, 4) is 11.6 Å². The molecule has 32 heavy (non-hydrogen) atoms. The fraction of sp³-hybridized carbons (Fsp3) is 0.409. The molecular formula is C22H24F3N3O4. The Morgan fingerprint density at radius 1 is 1.16 bits per heavy atom. The quantitative estimate of drug-likeness (QED) is 0.733. The second-order valence-electron chi connectivity index (χ2n) is 8.37. The summed E-state index contributed by atoms with van der Waals surface area (Å²) in [5.74, 6) is -0.576. The van der Waals surface area contributed by atoms with Gasteiger partial charge in [-0.3, -0.25) is 4.79 Å². The van der Waals surface area contributed by atoms with Crippen molar-refractivity contribution in [1.82, 2.24) is 15.2 Å². The lowest BCUT2D eigenvalue weighted by Gasteiger charge is -2.22. The van der Waals surface area contributed by atoms with Crippen molar-refractivity contribution >= 4 is 12.0 Å². The molecule has 1 atom stereocenters. The number of amides is 2. The van der Waals surface area contributed by atoms with Gasteiger partial charge in [0.15, 0.2) is 0 Å². The van der Waals surface area contributed by atoms with E-state index in [4.69, 9.17) is 9.47 Å². The van der Waals surface area contributed by atoms with Gasteiger partial charge in [-0.25, -0.2) is 9.78 Å². The van der Waals surface area contributed by atoms with Crippen molar-refractivity contribution < 1.29 is 32.2 Å². The molecule has 2 heterocycles. The summed E-state index contributed by atoms with van der Waals surface area (Å²) in [7, 11) is 0. The van der Waals surface area contributed by atoms with Crippen molar-refractivity contribution in [2.75, 3.05) is 13.1 Å². The second-order valence-corrected chi connectivity index (χ2v) is 8.37. The molecule has 172 valence electrons. The Kier molecular flexibility index (Phi) is 6.61. The number of carbonyl (C=O) groups is 2. The number of carbonyl (C=O) groups excluding carboxylic acids is 2. The van der Waals surface area contributed by atoms with Crippen LogP contribution in [-0.4, -0.2) is 46.6 Å². The predicted molar refractivity (Wildman–Crippen MR) is 109 cm³/mol. The van der Waals surface area contributed by atoms with Gasteiger partial charge in [0.05, 0.1) is 11.6 Å². The molecule has 0 radical (unpaired) electrons. The van der Waals surface area contributed by atoms with Crippen LogP contribution in [0, 0.1) is 0 Å². The lowest BCUT2D eigenvalue weighted by Crippen LogP contribution is -2.41. The van der Waals surface area contributed by atoms with Gasteiger partial charge in [-0.15, -0.1) is 0 Å². The Hall–Kier alpha value is -3.30. The Morgan fingerprint density at radius 3 is 2.59 bits per heavy atom. The molecule has 1 fully saturated rings. The van der Waals surface area contributed by atoms with E-state index >= 15 is 0 Å².